The van der Waals surface area contributed by atoms with Crippen molar-refractivity contribution in [2.45, 2.75) is 19.3 Å². The molecule has 1 atom stereocenters. The minimum Gasteiger partial charge on any atom is -0.348 e. The van der Waals surface area contributed by atoms with Gasteiger partial charge >= 0.3 is 0 Å². The van der Waals surface area contributed by atoms with Crippen molar-refractivity contribution in [2.24, 2.45) is 4.99 Å². The average molecular weight is 490 g/mol. The van der Waals surface area contributed by atoms with Crippen LogP contribution in [0.1, 0.15) is 28.2 Å². The van der Waals surface area contributed by atoms with Gasteiger partial charge in [-0.2, -0.15) is 0 Å². The van der Waals surface area contributed by atoms with Crippen LogP contribution in [-0.2, 0) is 11.2 Å². The first-order valence-corrected chi connectivity index (χ1v) is 11.9. The number of nitrogens with zero attached hydrogens (tertiary/aromatic N) is 3. The van der Waals surface area contributed by atoms with Crippen molar-refractivity contribution < 1.29 is 4.79 Å². The Bertz CT molecular complexity index is 1130. The third kappa shape index (κ3) is 7.69. The number of hydrogen-bond acceptors (Lipinski definition) is 3. The molecular formula is C28H32ClN5O. The van der Waals surface area contributed by atoms with E-state index in [-0.39, 0.29) is 5.92 Å². The van der Waals surface area contributed by atoms with Gasteiger partial charge in [0.2, 0.25) is 12.4 Å². The lowest BCUT2D eigenvalue weighted by molar-refractivity contribution is -0.119. The number of aryl methyl sites for hydroxylation is 1. The van der Waals surface area contributed by atoms with E-state index in [1.165, 1.54) is 10.6 Å². The molecule has 0 heterocycles. The van der Waals surface area contributed by atoms with Crippen LogP contribution in [0.4, 0.5) is 0 Å². The highest BCUT2D eigenvalue weighted by Gasteiger charge is 2.19. The summed E-state index contributed by atoms with van der Waals surface area (Å²) < 4.78 is 0. The van der Waals surface area contributed by atoms with E-state index in [2.05, 4.69) is 36.6 Å². The van der Waals surface area contributed by atoms with Crippen LogP contribution in [-0.4, -0.2) is 55.2 Å². The number of rotatable bonds is 10. The molecule has 0 unspecified atom stereocenters. The van der Waals surface area contributed by atoms with Crippen LogP contribution in [0.3, 0.4) is 0 Å². The summed E-state index contributed by atoms with van der Waals surface area (Å²) in [7, 11) is 3.74. The van der Waals surface area contributed by atoms with Gasteiger partial charge in [0.05, 0.1) is 6.54 Å². The Morgan fingerprint density at radius 2 is 1.69 bits per heavy atom. The molecule has 0 bridgehead atoms. The van der Waals surface area contributed by atoms with E-state index in [4.69, 9.17) is 22.0 Å². The van der Waals surface area contributed by atoms with Crippen molar-refractivity contribution in [1.29, 1.82) is 5.41 Å². The Hall–Kier alpha value is -3.64. The Kier molecular flexibility index (Phi) is 9.44. The van der Waals surface area contributed by atoms with Crippen molar-refractivity contribution >= 4 is 29.7 Å². The van der Waals surface area contributed by atoms with Crippen LogP contribution in [0.25, 0.3) is 0 Å². The van der Waals surface area contributed by atoms with Gasteiger partial charge in [0.1, 0.15) is 0 Å². The number of guanidine groups is 1. The third-order valence-electron chi connectivity index (χ3n) is 5.69. The van der Waals surface area contributed by atoms with Gasteiger partial charge in [0.15, 0.2) is 0 Å². The van der Waals surface area contributed by atoms with E-state index >= 15 is 0 Å². The van der Waals surface area contributed by atoms with Crippen LogP contribution in [0.5, 0.6) is 0 Å². The lowest BCUT2D eigenvalue weighted by atomic mass is 9.90. The minimum atomic E-state index is -0.258. The van der Waals surface area contributed by atoms with Gasteiger partial charge in [0, 0.05) is 37.3 Å². The summed E-state index contributed by atoms with van der Waals surface area (Å²) in [5, 5.41) is 11.0. The number of benzene rings is 3. The molecule has 0 fully saturated rings. The maximum atomic E-state index is 11.8. The predicted molar refractivity (Wildman–Crippen MR) is 144 cm³/mol. The molecule has 182 valence electrons. The Balaban J connectivity index is 1.76. The third-order valence-corrected chi connectivity index (χ3v) is 5.94. The molecule has 1 amide bonds. The van der Waals surface area contributed by atoms with E-state index < -0.39 is 0 Å². The smallest absolute Gasteiger partial charge is 0.228 e. The first-order valence-electron chi connectivity index (χ1n) is 11.5. The SMILES string of the molecule is Cc1ccc(CCN(C=O)NC(=NC[C@H](C(=N)c2ccc(Cl)cc2)c2ccccc2)N(C)C)cc1. The number of hydrazine groups is 1. The monoisotopic (exact) mass is 489 g/mol. The van der Waals surface area contributed by atoms with Crippen LogP contribution in [0.15, 0.2) is 83.9 Å². The molecule has 7 heteroatoms. The zero-order valence-corrected chi connectivity index (χ0v) is 21.2. The van der Waals surface area contributed by atoms with Gasteiger partial charge in [-0.05, 0) is 42.2 Å². The number of amides is 1. The van der Waals surface area contributed by atoms with E-state index in [0.717, 1.165) is 29.5 Å². The maximum Gasteiger partial charge on any atom is 0.228 e. The molecule has 0 aliphatic carbocycles. The fourth-order valence-corrected chi connectivity index (χ4v) is 3.73. The van der Waals surface area contributed by atoms with Crippen molar-refractivity contribution in [3.8, 4) is 0 Å². The Morgan fingerprint density at radius 1 is 1.03 bits per heavy atom. The van der Waals surface area contributed by atoms with Crippen molar-refractivity contribution in [3.05, 3.63) is 106 Å². The maximum absolute atomic E-state index is 11.8. The number of hydrogen-bond donors (Lipinski definition) is 2. The molecule has 0 saturated heterocycles. The highest BCUT2D eigenvalue weighted by Crippen LogP contribution is 2.23. The van der Waals surface area contributed by atoms with Crippen LogP contribution in [0.2, 0.25) is 5.02 Å². The molecule has 6 nitrogen and oxygen atoms in total. The van der Waals surface area contributed by atoms with E-state index in [1.807, 2.05) is 61.5 Å². The first-order chi connectivity index (χ1) is 16.9. The zero-order valence-electron chi connectivity index (χ0n) is 20.4. The molecule has 0 saturated carbocycles. The molecule has 2 N–H and O–H groups in total. The van der Waals surface area contributed by atoms with E-state index in [9.17, 15) is 4.79 Å². The topological polar surface area (TPSA) is 71.8 Å². The van der Waals surface area contributed by atoms with Crippen molar-refractivity contribution in [2.75, 3.05) is 27.2 Å². The second-order valence-electron chi connectivity index (χ2n) is 8.59. The molecule has 3 aromatic carbocycles. The Morgan fingerprint density at radius 3 is 2.29 bits per heavy atom. The fraction of sp³-hybridized carbons (Fsp3) is 0.250. The molecule has 3 rings (SSSR count). The van der Waals surface area contributed by atoms with Crippen LogP contribution in [0, 0.1) is 12.3 Å². The second kappa shape index (κ2) is 12.7. The summed E-state index contributed by atoms with van der Waals surface area (Å²) in [4.78, 5) is 18.4. The van der Waals surface area contributed by atoms with Gasteiger partial charge in [-0.15, -0.1) is 0 Å². The number of carbonyl (C=O) groups is 1. The molecule has 0 aliphatic rings. The molecule has 35 heavy (non-hydrogen) atoms. The average Bonchev–Trinajstić information content (AvgIpc) is 2.87. The number of aliphatic imine (C=N–C) groups is 1. The normalized spacial score (nSPS) is 12.1. The van der Waals surface area contributed by atoms with Gasteiger partial charge < -0.3 is 10.3 Å². The van der Waals surface area contributed by atoms with Gasteiger partial charge in [-0.25, -0.2) is 0 Å². The molecule has 3 aromatic rings. The zero-order chi connectivity index (χ0) is 25.2. The second-order valence-corrected chi connectivity index (χ2v) is 9.03. The van der Waals surface area contributed by atoms with Crippen molar-refractivity contribution in [1.82, 2.24) is 15.3 Å². The quantitative estimate of drug-likeness (QED) is 0.184. The number of carbonyl (C=O) groups excluding carboxylic acids is 1. The largest absolute Gasteiger partial charge is 0.348 e. The van der Waals surface area contributed by atoms with Gasteiger partial charge in [-0.3, -0.25) is 20.2 Å². The molecular weight excluding hydrogens is 458 g/mol. The number of halogens is 1. The molecule has 0 spiro atoms. The summed E-state index contributed by atoms with van der Waals surface area (Å²) in [6.45, 7) is 2.90. The minimum absolute atomic E-state index is 0.258. The molecule has 0 aromatic heterocycles. The van der Waals surface area contributed by atoms with Crippen molar-refractivity contribution in [3.63, 3.8) is 0 Å². The first kappa shape index (κ1) is 26.0. The summed E-state index contributed by atoms with van der Waals surface area (Å²) in [6.07, 6.45) is 1.50. The van der Waals surface area contributed by atoms with Crippen LogP contribution >= 0.6 is 11.6 Å². The van der Waals surface area contributed by atoms with Gasteiger partial charge in [-0.1, -0.05) is 83.9 Å². The lowest BCUT2D eigenvalue weighted by Gasteiger charge is -2.26. The van der Waals surface area contributed by atoms with E-state index in [0.29, 0.717) is 29.8 Å². The summed E-state index contributed by atoms with van der Waals surface area (Å²) in [6, 6.07) is 25.5. The van der Waals surface area contributed by atoms with Crippen LogP contribution < -0.4 is 5.43 Å². The number of nitrogens with one attached hydrogen (secondary N) is 2. The summed E-state index contributed by atoms with van der Waals surface area (Å²) in [5.74, 6) is 0.289. The Labute approximate surface area is 212 Å². The highest BCUT2D eigenvalue weighted by atomic mass is 35.5. The fourth-order valence-electron chi connectivity index (χ4n) is 3.60. The lowest BCUT2D eigenvalue weighted by Crippen LogP contribution is -2.48. The highest BCUT2D eigenvalue weighted by molar-refractivity contribution is 6.30. The van der Waals surface area contributed by atoms with E-state index in [1.54, 1.807) is 12.1 Å². The van der Waals surface area contributed by atoms with Gasteiger partial charge in [0.25, 0.3) is 0 Å². The summed E-state index contributed by atoms with van der Waals surface area (Å²) in [5.41, 5.74) is 7.76. The molecule has 0 aliphatic heterocycles. The summed E-state index contributed by atoms with van der Waals surface area (Å²) >= 11 is 6.05. The predicted octanol–water partition coefficient (Wildman–Crippen LogP) is 4.92. The molecule has 0 radical (unpaired) electrons. The standard InChI is InChI=1S/C28H32ClN5O/c1-21-9-11-22(12-10-21)17-18-34(20-35)32-28(33(2)3)31-19-26(23-7-5-4-6-8-23)27(30)24-13-15-25(29)16-14-24/h4-16,20,26,30H,17-19H2,1-3H3,(H,31,32)/t26-/m0/s1.